The number of rotatable bonds is 4. The van der Waals surface area contributed by atoms with Gasteiger partial charge in [-0.15, -0.1) is 0 Å². The number of nitro groups is 1. The predicted molar refractivity (Wildman–Crippen MR) is 98.7 cm³/mol. The van der Waals surface area contributed by atoms with Gasteiger partial charge in [-0.25, -0.2) is 0 Å². The van der Waals surface area contributed by atoms with Crippen molar-refractivity contribution in [2.45, 2.75) is 19.8 Å². The van der Waals surface area contributed by atoms with Crippen LogP contribution < -0.4 is 10.2 Å². The van der Waals surface area contributed by atoms with Crippen LogP contribution in [0.4, 0.5) is 17.1 Å². The molecule has 0 atom stereocenters. The molecule has 0 bridgehead atoms. The lowest BCUT2D eigenvalue weighted by Gasteiger charge is -2.23. The molecular weight excluding hydrogens is 342 g/mol. The van der Waals surface area contributed by atoms with Gasteiger partial charge < -0.3 is 10.2 Å². The molecular formula is C18H18ClN3O3. The molecule has 7 heteroatoms. The molecule has 0 spiro atoms. The van der Waals surface area contributed by atoms with Crippen LogP contribution in [0.1, 0.15) is 28.8 Å². The van der Waals surface area contributed by atoms with Crippen molar-refractivity contribution in [3.63, 3.8) is 0 Å². The Morgan fingerprint density at radius 2 is 1.88 bits per heavy atom. The van der Waals surface area contributed by atoms with E-state index in [1.807, 2.05) is 0 Å². The summed E-state index contributed by atoms with van der Waals surface area (Å²) in [6, 6.07) is 9.85. The number of benzene rings is 2. The number of anilines is 2. The zero-order valence-electron chi connectivity index (χ0n) is 13.8. The van der Waals surface area contributed by atoms with Crippen molar-refractivity contribution in [3.05, 3.63) is 62.7 Å². The molecule has 0 unspecified atom stereocenters. The molecule has 1 aliphatic heterocycles. The van der Waals surface area contributed by atoms with E-state index in [1.165, 1.54) is 12.1 Å². The minimum absolute atomic E-state index is 0.0708. The van der Waals surface area contributed by atoms with Gasteiger partial charge in [0.05, 0.1) is 21.3 Å². The summed E-state index contributed by atoms with van der Waals surface area (Å²) in [6.07, 6.45) is 2.17. The molecule has 1 heterocycles. The molecule has 1 fully saturated rings. The summed E-state index contributed by atoms with van der Waals surface area (Å²) in [5.74, 6) is -0.385. The Kier molecular flexibility index (Phi) is 4.90. The quantitative estimate of drug-likeness (QED) is 0.648. The lowest BCUT2D eigenvalue weighted by molar-refractivity contribution is -0.385. The molecule has 1 N–H and O–H groups in total. The Hall–Kier alpha value is -2.60. The standard InChI is InChI=1S/C18H18ClN3O3/c1-12-13(6-4-9-16(12)22(24)25)18(23)20-15-8-5-7-14(19)17(15)21-10-2-3-11-21/h4-9H,2-3,10-11H2,1H3,(H,20,23). The van der Waals surface area contributed by atoms with Gasteiger partial charge in [-0.1, -0.05) is 23.7 Å². The van der Waals surface area contributed by atoms with E-state index in [9.17, 15) is 14.9 Å². The van der Waals surface area contributed by atoms with E-state index in [0.29, 0.717) is 16.3 Å². The number of halogens is 1. The van der Waals surface area contributed by atoms with Gasteiger partial charge in [-0.2, -0.15) is 0 Å². The topological polar surface area (TPSA) is 75.5 Å². The van der Waals surface area contributed by atoms with Crippen LogP contribution in [0.5, 0.6) is 0 Å². The van der Waals surface area contributed by atoms with Gasteiger partial charge in [0, 0.05) is 30.3 Å². The van der Waals surface area contributed by atoms with Crippen molar-refractivity contribution in [3.8, 4) is 0 Å². The predicted octanol–water partition coefficient (Wildman–Crippen LogP) is 4.41. The average Bonchev–Trinajstić information content (AvgIpc) is 3.08. The molecule has 2 aromatic carbocycles. The second kappa shape index (κ2) is 7.11. The number of nitrogens with zero attached hydrogens (tertiary/aromatic N) is 2. The smallest absolute Gasteiger partial charge is 0.273 e. The normalized spacial score (nSPS) is 13.8. The molecule has 1 amide bonds. The first-order valence-corrected chi connectivity index (χ1v) is 8.45. The highest BCUT2D eigenvalue weighted by Gasteiger charge is 2.22. The van der Waals surface area contributed by atoms with Crippen molar-refractivity contribution in [2.75, 3.05) is 23.3 Å². The third-order valence-corrected chi connectivity index (χ3v) is 4.71. The van der Waals surface area contributed by atoms with Gasteiger partial charge in [0.25, 0.3) is 11.6 Å². The monoisotopic (exact) mass is 359 g/mol. The Labute approximate surface area is 150 Å². The zero-order chi connectivity index (χ0) is 18.0. The summed E-state index contributed by atoms with van der Waals surface area (Å²) >= 11 is 6.35. The average molecular weight is 360 g/mol. The first-order valence-electron chi connectivity index (χ1n) is 8.08. The third-order valence-electron chi connectivity index (χ3n) is 4.40. The van der Waals surface area contributed by atoms with Gasteiger partial charge >= 0.3 is 0 Å². The van der Waals surface area contributed by atoms with Crippen molar-refractivity contribution in [1.29, 1.82) is 0 Å². The maximum absolute atomic E-state index is 12.7. The molecule has 0 saturated carbocycles. The van der Waals surface area contributed by atoms with Crippen LogP contribution in [0.2, 0.25) is 5.02 Å². The van der Waals surface area contributed by atoms with Crippen LogP contribution in [0, 0.1) is 17.0 Å². The van der Waals surface area contributed by atoms with E-state index in [4.69, 9.17) is 11.6 Å². The number of nitrogens with one attached hydrogen (secondary N) is 1. The molecule has 130 valence electrons. The molecule has 0 aliphatic carbocycles. The second-order valence-electron chi connectivity index (χ2n) is 5.99. The summed E-state index contributed by atoms with van der Waals surface area (Å²) in [6.45, 7) is 3.36. The van der Waals surface area contributed by atoms with E-state index >= 15 is 0 Å². The Morgan fingerprint density at radius 1 is 1.20 bits per heavy atom. The van der Waals surface area contributed by atoms with Crippen LogP contribution in [-0.4, -0.2) is 23.9 Å². The molecule has 2 aromatic rings. The fourth-order valence-electron chi connectivity index (χ4n) is 3.14. The Bertz CT molecular complexity index is 832. The summed E-state index contributed by atoms with van der Waals surface area (Å²) in [5.41, 5.74) is 1.97. The number of nitro benzene ring substituents is 1. The highest BCUT2D eigenvalue weighted by atomic mass is 35.5. The van der Waals surface area contributed by atoms with E-state index in [2.05, 4.69) is 10.2 Å². The first kappa shape index (κ1) is 17.2. The minimum Gasteiger partial charge on any atom is -0.369 e. The zero-order valence-corrected chi connectivity index (χ0v) is 14.5. The van der Waals surface area contributed by atoms with Crippen LogP contribution in [-0.2, 0) is 0 Å². The fourth-order valence-corrected chi connectivity index (χ4v) is 3.43. The molecule has 1 saturated heterocycles. The van der Waals surface area contributed by atoms with Crippen molar-refractivity contribution >= 4 is 34.6 Å². The lowest BCUT2D eigenvalue weighted by atomic mass is 10.1. The summed E-state index contributed by atoms with van der Waals surface area (Å²) in [7, 11) is 0. The number of carbonyl (C=O) groups is 1. The number of amides is 1. The molecule has 0 aromatic heterocycles. The number of para-hydroxylation sites is 1. The largest absolute Gasteiger partial charge is 0.369 e. The minimum atomic E-state index is -0.485. The summed E-state index contributed by atoms with van der Waals surface area (Å²) < 4.78 is 0. The molecule has 0 radical (unpaired) electrons. The van der Waals surface area contributed by atoms with E-state index in [1.54, 1.807) is 31.2 Å². The van der Waals surface area contributed by atoms with Crippen LogP contribution in [0.25, 0.3) is 0 Å². The third kappa shape index (κ3) is 3.44. The Morgan fingerprint density at radius 3 is 2.56 bits per heavy atom. The van der Waals surface area contributed by atoms with E-state index < -0.39 is 4.92 Å². The van der Waals surface area contributed by atoms with Gasteiger partial charge in [0.2, 0.25) is 0 Å². The van der Waals surface area contributed by atoms with Crippen LogP contribution >= 0.6 is 11.6 Å². The molecule has 6 nitrogen and oxygen atoms in total. The van der Waals surface area contributed by atoms with Crippen LogP contribution in [0.15, 0.2) is 36.4 Å². The number of carbonyl (C=O) groups excluding carboxylic acids is 1. The van der Waals surface area contributed by atoms with E-state index in [0.717, 1.165) is 31.6 Å². The first-order chi connectivity index (χ1) is 12.0. The van der Waals surface area contributed by atoms with Gasteiger partial charge in [0.1, 0.15) is 0 Å². The van der Waals surface area contributed by atoms with Crippen molar-refractivity contribution in [2.24, 2.45) is 0 Å². The lowest BCUT2D eigenvalue weighted by Crippen LogP contribution is -2.22. The second-order valence-corrected chi connectivity index (χ2v) is 6.40. The molecule has 25 heavy (non-hydrogen) atoms. The summed E-state index contributed by atoms with van der Waals surface area (Å²) in [5, 5.41) is 14.5. The fraction of sp³-hybridized carbons (Fsp3) is 0.278. The van der Waals surface area contributed by atoms with Crippen molar-refractivity contribution < 1.29 is 9.72 Å². The van der Waals surface area contributed by atoms with Crippen molar-refractivity contribution in [1.82, 2.24) is 0 Å². The maximum Gasteiger partial charge on any atom is 0.273 e. The van der Waals surface area contributed by atoms with E-state index in [-0.39, 0.29) is 17.2 Å². The number of hydrogen-bond acceptors (Lipinski definition) is 4. The van der Waals surface area contributed by atoms with Crippen LogP contribution in [0.3, 0.4) is 0 Å². The summed E-state index contributed by atoms with van der Waals surface area (Å²) in [4.78, 5) is 25.4. The SMILES string of the molecule is Cc1c(C(=O)Nc2cccc(Cl)c2N2CCCC2)cccc1[N+](=O)[O-]. The number of hydrogen-bond donors (Lipinski definition) is 1. The molecule has 1 aliphatic rings. The highest BCUT2D eigenvalue weighted by molar-refractivity contribution is 6.34. The Balaban J connectivity index is 1.93. The van der Waals surface area contributed by atoms with Gasteiger partial charge in [0.15, 0.2) is 0 Å². The maximum atomic E-state index is 12.7. The van der Waals surface area contributed by atoms with Gasteiger partial charge in [-0.3, -0.25) is 14.9 Å². The molecule has 3 rings (SSSR count). The highest BCUT2D eigenvalue weighted by Crippen LogP contribution is 2.36. The van der Waals surface area contributed by atoms with Gasteiger partial charge in [-0.05, 0) is 38.0 Å².